The molecule has 0 saturated heterocycles. The third kappa shape index (κ3) is 5.46. The molecular weight excluding hydrogens is 824 g/mol. The number of Topliss-reactive ketones (excluding diaryl/α,β-unsaturated/α-hetero) is 2. The van der Waals surface area contributed by atoms with Gasteiger partial charge in [0.15, 0.2) is 0 Å². The third-order valence-corrected chi connectivity index (χ3v) is 20.7. The molecule has 6 bridgehead atoms. The van der Waals surface area contributed by atoms with Gasteiger partial charge in [-0.05, 0) is 0 Å². The molecule has 2 aromatic heterocycles. The Hall–Kier alpha value is -3.91. The summed E-state index contributed by atoms with van der Waals surface area (Å²) in [6.45, 7) is 10.9. The Balaban J connectivity index is 1.82. The number of rotatable bonds is 8. The van der Waals surface area contributed by atoms with Crippen molar-refractivity contribution >= 4 is 89.6 Å². The number of aliphatic imine (C=N–C) groups is 2. The Bertz CT molecular complexity index is 2200. The quantitative estimate of drug-likeness (QED) is 0.223. The van der Waals surface area contributed by atoms with Crippen LogP contribution in [0.5, 0.6) is 0 Å². The van der Waals surface area contributed by atoms with Gasteiger partial charge in [0.2, 0.25) is 0 Å². The average molecular weight is 861 g/mol. The van der Waals surface area contributed by atoms with Crippen LogP contribution < -0.4 is 10.7 Å². The minimum absolute atomic E-state index is 0.111. The number of halogens is 1. The van der Waals surface area contributed by atoms with Crippen molar-refractivity contribution in [3.8, 4) is 0 Å². The predicted molar refractivity (Wildman–Crippen MR) is 187 cm³/mol. The summed E-state index contributed by atoms with van der Waals surface area (Å²) in [4.78, 5) is 61.3. The fourth-order valence-electron chi connectivity index (χ4n) is 7.20. The second-order valence-corrected chi connectivity index (χ2v) is 22.3. The number of carbonyl (C=O) groups excluding carboxylic acids is 4. The van der Waals surface area contributed by atoms with Crippen molar-refractivity contribution in [3.63, 3.8) is 0 Å². The minimum atomic E-state index is -4.00. The fraction of sp³-hybridized carbons (Fsp3) is 0.333. The summed E-state index contributed by atoms with van der Waals surface area (Å²) >= 11 is -4.00. The molecule has 0 spiro atoms. The van der Waals surface area contributed by atoms with Crippen molar-refractivity contribution in [1.29, 1.82) is 0 Å². The van der Waals surface area contributed by atoms with E-state index in [-0.39, 0.29) is 36.3 Å². The van der Waals surface area contributed by atoms with Crippen LogP contribution >= 0.6 is 8.32 Å². The third-order valence-electron chi connectivity index (χ3n) is 9.68. The van der Waals surface area contributed by atoms with Gasteiger partial charge >= 0.3 is 292 Å². The average Bonchev–Trinajstić information content (AvgIpc) is 3.68. The van der Waals surface area contributed by atoms with Crippen LogP contribution in [0.4, 0.5) is 0 Å². The van der Waals surface area contributed by atoms with E-state index in [9.17, 15) is 19.2 Å². The molecule has 6 rings (SSSR count). The van der Waals surface area contributed by atoms with Gasteiger partial charge in [0, 0.05) is 0 Å². The van der Waals surface area contributed by atoms with Gasteiger partial charge in [-0.15, -0.1) is 0 Å². The second kappa shape index (κ2) is 12.8. The van der Waals surface area contributed by atoms with Crippen LogP contribution in [-0.4, -0.2) is 76.0 Å². The van der Waals surface area contributed by atoms with Crippen molar-refractivity contribution in [3.05, 3.63) is 78.0 Å². The zero-order valence-electron chi connectivity index (χ0n) is 28.3. The first kappa shape index (κ1) is 34.0. The molecule has 6 heterocycles. The number of hydrogen-bond acceptors (Lipinski definition) is 8. The zero-order chi connectivity index (χ0) is 34.8. The monoisotopic (exact) mass is 860 g/mol. The molecule has 48 heavy (non-hydrogen) atoms. The molecule has 0 aromatic carbocycles. The summed E-state index contributed by atoms with van der Waals surface area (Å²) in [5, 5.41) is 1.60. The molecule has 0 saturated carbocycles. The van der Waals surface area contributed by atoms with Gasteiger partial charge in [-0.2, -0.15) is 0 Å². The van der Waals surface area contributed by atoms with Crippen molar-refractivity contribution in [2.24, 2.45) is 9.98 Å². The number of aromatic nitrogens is 2. The van der Waals surface area contributed by atoms with Gasteiger partial charge in [0.1, 0.15) is 0 Å². The Kier molecular flexibility index (Phi) is 9.09. The molecule has 0 fully saturated rings. The first-order valence-corrected chi connectivity index (χ1v) is 25.3. The molecule has 0 aliphatic carbocycles. The molecule has 246 valence electrons. The first-order valence-electron chi connectivity index (χ1n) is 15.8. The number of fused-ring (bicyclic) bond motifs is 2. The number of esters is 2. The number of allylic oxidation sites excluding steroid dienone is 4. The Morgan fingerprint density at radius 1 is 0.729 bits per heavy atom. The number of ketones is 2. The van der Waals surface area contributed by atoms with Crippen LogP contribution in [0.25, 0.3) is 24.3 Å². The van der Waals surface area contributed by atoms with E-state index in [2.05, 4.69) is 4.75 Å². The zero-order valence-corrected chi connectivity index (χ0v) is 33.6. The predicted octanol–water partition coefficient (Wildman–Crippen LogP) is 4.19. The van der Waals surface area contributed by atoms with Crippen LogP contribution in [0.1, 0.15) is 85.4 Å². The normalized spacial score (nSPS) is 16.1. The van der Waals surface area contributed by atoms with E-state index >= 15 is 0 Å². The van der Waals surface area contributed by atoms with E-state index in [1.165, 1.54) is 21.1 Å². The number of nitrogens with zero attached hydrogens (tertiary/aromatic N) is 4. The second-order valence-electron chi connectivity index (χ2n) is 12.4. The molecule has 0 atom stereocenters. The van der Waals surface area contributed by atoms with Gasteiger partial charge in [0.25, 0.3) is 0 Å². The van der Waals surface area contributed by atoms with E-state index in [1.54, 1.807) is 6.92 Å². The standard InChI is InChI=1S/C36H37N4O6.ClH.Tl/c1-17-23(9-11-33(43)45-7)29-16-30-24(10-12-34(44)46-8)18(2)26(38-30)14-31-36(22(6)42)20(4)28(40-31)15-32-35(21(5)41)19(3)27(39-32)13-25(17)37-29;;/h13-16H,9-12H2,1-8H3,(H-,37,38,39,40,41,42);1H;/q-1;;+3/p-2. The SMILES string of the molecule is COC(=O)CCC1=C(C)C2=Cc3c(C)c(C(C)=O)c4[n]3[Tl]([Cl])[n]3c(c(C)c(CCC(=O)OC)c3=CC1=N2)=CC1=NC(=C4)C(C)=C1C(C)=O. The topological polar surface area (TPSA) is 121 Å². The van der Waals surface area contributed by atoms with Crippen molar-refractivity contribution < 1.29 is 28.7 Å². The Morgan fingerprint density at radius 2 is 1.31 bits per heavy atom. The number of ether oxygens (including phenoxy) is 2. The van der Waals surface area contributed by atoms with Gasteiger partial charge in [-0.1, -0.05) is 0 Å². The molecule has 4 aliphatic rings. The van der Waals surface area contributed by atoms with Gasteiger partial charge in [-0.3, -0.25) is 0 Å². The summed E-state index contributed by atoms with van der Waals surface area (Å²) < 4.78 is 14.3. The fourth-order valence-corrected chi connectivity index (χ4v) is 19.1. The van der Waals surface area contributed by atoms with Crippen LogP contribution in [0.15, 0.2) is 43.7 Å². The van der Waals surface area contributed by atoms with Gasteiger partial charge < -0.3 is 0 Å². The van der Waals surface area contributed by atoms with E-state index in [4.69, 9.17) is 27.8 Å². The van der Waals surface area contributed by atoms with Crippen LogP contribution in [0.2, 0.25) is 0 Å². The van der Waals surface area contributed by atoms with Crippen molar-refractivity contribution in [2.75, 3.05) is 14.2 Å². The summed E-state index contributed by atoms with van der Waals surface area (Å²) in [7, 11) is 10.6. The molecule has 0 unspecified atom stereocenters. The summed E-state index contributed by atoms with van der Waals surface area (Å²) in [6, 6.07) is 0. The van der Waals surface area contributed by atoms with Crippen molar-refractivity contribution in [1.82, 2.24) is 4.75 Å². The molecule has 2 aromatic rings. The molecule has 0 N–H and O–H groups in total. The summed E-state index contributed by atoms with van der Waals surface area (Å²) in [6.07, 6.45) is 8.93. The van der Waals surface area contributed by atoms with Crippen LogP contribution in [-0.2, 0) is 30.3 Å². The van der Waals surface area contributed by atoms with Gasteiger partial charge in [-0.25, -0.2) is 0 Å². The number of carbonyl (C=O) groups is 4. The number of hydrogen-bond donors (Lipinski definition) is 0. The molecule has 0 radical (unpaired) electrons. The molecule has 0 amide bonds. The Labute approximate surface area is 291 Å². The van der Waals surface area contributed by atoms with E-state index in [1.807, 2.05) is 52.0 Å². The van der Waals surface area contributed by atoms with Crippen LogP contribution in [0.3, 0.4) is 0 Å². The van der Waals surface area contributed by atoms with Crippen LogP contribution in [0, 0.1) is 13.8 Å². The Morgan fingerprint density at radius 3 is 1.94 bits per heavy atom. The molecule has 12 heteroatoms. The van der Waals surface area contributed by atoms with E-state index in [0.29, 0.717) is 46.8 Å². The number of methoxy groups -OCH3 is 2. The molecule has 4 aliphatic heterocycles. The maximum atomic E-state index is 13.4. The maximum absolute atomic E-state index is 13.4. The van der Waals surface area contributed by atoms with Crippen molar-refractivity contribution in [2.45, 2.75) is 67.2 Å². The summed E-state index contributed by atoms with van der Waals surface area (Å²) in [5.41, 5.74) is 10.2. The molecular formula is C36H36ClN4O6Tl. The van der Waals surface area contributed by atoms with E-state index in [0.717, 1.165) is 55.5 Å². The van der Waals surface area contributed by atoms with E-state index < -0.39 is 22.1 Å². The molecule has 10 nitrogen and oxygen atoms in total. The summed E-state index contributed by atoms with van der Waals surface area (Å²) in [5.74, 6) is -0.892. The van der Waals surface area contributed by atoms with Gasteiger partial charge in [0.05, 0.1) is 0 Å². The first-order chi connectivity index (χ1) is 22.8.